The zero-order chi connectivity index (χ0) is 23.9. The monoisotopic (exact) mass is 471 g/mol. The largest absolute Gasteiger partial charge is 0.493 e. The van der Waals surface area contributed by atoms with Crippen LogP contribution in [0.15, 0.2) is 84.4 Å². The number of rotatable bonds is 8. The molecule has 5 nitrogen and oxygen atoms in total. The van der Waals surface area contributed by atoms with E-state index in [9.17, 15) is 4.79 Å². The van der Waals surface area contributed by atoms with Gasteiger partial charge in [-0.25, -0.2) is 0 Å². The highest BCUT2D eigenvalue weighted by Gasteiger charge is 2.33. The molecule has 3 N–H and O–H groups in total. The number of hydrogen-bond acceptors (Lipinski definition) is 3. The first-order valence-corrected chi connectivity index (χ1v) is 11.9. The van der Waals surface area contributed by atoms with Gasteiger partial charge >= 0.3 is 0 Å². The summed E-state index contributed by atoms with van der Waals surface area (Å²) in [5.74, 6) is 0.532. The third kappa shape index (κ3) is 5.46. The van der Waals surface area contributed by atoms with Crippen LogP contribution in [0.2, 0.25) is 0 Å². The topological polar surface area (TPSA) is 62.4 Å². The lowest BCUT2D eigenvalue weighted by atomic mass is 9.91. The van der Waals surface area contributed by atoms with Gasteiger partial charge in [-0.3, -0.25) is 4.79 Å². The van der Waals surface area contributed by atoms with Crippen molar-refractivity contribution in [3.8, 4) is 5.75 Å². The molecule has 1 heterocycles. The number of nitrogens with one attached hydrogen (secondary N) is 3. The van der Waals surface area contributed by atoms with Gasteiger partial charge in [0.15, 0.2) is 5.11 Å². The maximum atomic E-state index is 13.8. The van der Waals surface area contributed by atoms with Gasteiger partial charge in [0.05, 0.1) is 23.9 Å². The van der Waals surface area contributed by atoms with E-state index in [1.807, 2.05) is 85.8 Å². The lowest BCUT2D eigenvalue weighted by Gasteiger charge is -2.32. The second-order valence-electron chi connectivity index (χ2n) is 8.25. The minimum atomic E-state index is -0.479. The highest BCUT2D eigenvalue weighted by atomic mass is 32.1. The molecule has 0 aromatic heterocycles. The molecule has 174 valence electrons. The number of anilines is 1. The van der Waals surface area contributed by atoms with Gasteiger partial charge in [0.1, 0.15) is 5.75 Å². The van der Waals surface area contributed by atoms with Crippen LogP contribution >= 0.6 is 12.2 Å². The molecule has 1 amide bonds. The summed E-state index contributed by atoms with van der Waals surface area (Å²) in [6.07, 6.45) is 2.00. The molecule has 1 aliphatic heterocycles. The number of hydrogen-bond donors (Lipinski definition) is 3. The summed E-state index contributed by atoms with van der Waals surface area (Å²) in [5.41, 5.74) is 4.84. The third-order valence-corrected chi connectivity index (χ3v) is 5.89. The average molecular weight is 472 g/mol. The van der Waals surface area contributed by atoms with Crippen LogP contribution in [-0.2, 0) is 4.79 Å². The van der Waals surface area contributed by atoms with Gasteiger partial charge in [-0.1, -0.05) is 79.6 Å². The number of aryl methyl sites for hydroxylation is 1. The molecule has 1 atom stereocenters. The van der Waals surface area contributed by atoms with Crippen molar-refractivity contribution in [2.24, 2.45) is 0 Å². The van der Waals surface area contributed by atoms with Gasteiger partial charge in [-0.15, -0.1) is 0 Å². The van der Waals surface area contributed by atoms with Crippen LogP contribution in [0.4, 0.5) is 5.69 Å². The van der Waals surface area contributed by atoms with E-state index in [0.717, 1.165) is 41.0 Å². The summed E-state index contributed by atoms with van der Waals surface area (Å²) in [4.78, 5) is 13.8. The van der Waals surface area contributed by atoms with Crippen molar-refractivity contribution >= 4 is 34.6 Å². The van der Waals surface area contributed by atoms with Gasteiger partial charge in [-0.05, 0) is 49.3 Å². The number of benzene rings is 3. The molecule has 34 heavy (non-hydrogen) atoms. The Labute approximate surface area is 206 Å². The third-order valence-electron chi connectivity index (χ3n) is 5.67. The van der Waals surface area contributed by atoms with E-state index in [0.29, 0.717) is 23.0 Å². The minimum absolute atomic E-state index is 0.210. The molecule has 0 aliphatic carbocycles. The highest BCUT2D eigenvalue weighted by molar-refractivity contribution is 7.80. The van der Waals surface area contributed by atoms with Crippen molar-refractivity contribution in [1.82, 2.24) is 10.6 Å². The Balaban J connectivity index is 1.80. The van der Waals surface area contributed by atoms with E-state index >= 15 is 0 Å². The van der Waals surface area contributed by atoms with Gasteiger partial charge in [-0.2, -0.15) is 0 Å². The molecule has 0 saturated heterocycles. The summed E-state index contributed by atoms with van der Waals surface area (Å²) < 4.78 is 6.11. The fraction of sp³-hybridized carbons (Fsp3) is 0.214. The van der Waals surface area contributed by atoms with Crippen molar-refractivity contribution in [3.63, 3.8) is 0 Å². The van der Waals surface area contributed by atoms with Crippen molar-refractivity contribution in [3.05, 3.63) is 101 Å². The maximum absolute atomic E-state index is 13.8. The number of carbonyl (C=O) groups excluding carboxylic acids is 1. The van der Waals surface area contributed by atoms with E-state index in [4.69, 9.17) is 17.0 Å². The van der Waals surface area contributed by atoms with E-state index in [1.165, 1.54) is 0 Å². The fourth-order valence-electron chi connectivity index (χ4n) is 3.89. The second kappa shape index (κ2) is 11.0. The Morgan fingerprint density at radius 2 is 1.71 bits per heavy atom. The van der Waals surface area contributed by atoms with E-state index in [1.54, 1.807) is 0 Å². The molecular weight excluding hydrogens is 442 g/mol. The molecule has 6 heteroatoms. The lowest BCUT2D eigenvalue weighted by molar-refractivity contribution is -0.113. The molecule has 0 unspecified atom stereocenters. The lowest BCUT2D eigenvalue weighted by Crippen LogP contribution is -2.45. The van der Waals surface area contributed by atoms with Crippen molar-refractivity contribution in [2.45, 2.75) is 32.7 Å². The zero-order valence-corrected chi connectivity index (χ0v) is 20.2. The standard InChI is InChI=1S/C28H29N3O2S/c1-3-4-18-33-23-13-9-8-12-22(23)26-24(27(32)29-21-16-14-19(2)15-17-21)25(30-28(34)31-26)20-10-6-5-7-11-20/h5-17,26H,3-4,18H2,1-2H3,(H,29,32)(H2,30,31,34)/t26-/m0/s1. The van der Waals surface area contributed by atoms with E-state index in [-0.39, 0.29) is 5.91 Å². The Bertz CT molecular complexity index is 1190. The number of ether oxygens (including phenoxy) is 1. The minimum Gasteiger partial charge on any atom is -0.493 e. The number of carbonyl (C=O) groups is 1. The van der Waals surface area contributed by atoms with Gasteiger partial charge < -0.3 is 20.7 Å². The number of unbranched alkanes of at least 4 members (excludes halogenated alkanes) is 1. The van der Waals surface area contributed by atoms with Crippen molar-refractivity contribution in [2.75, 3.05) is 11.9 Å². The van der Waals surface area contributed by atoms with Gasteiger partial charge in [0, 0.05) is 11.3 Å². The molecule has 0 radical (unpaired) electrons. The smallest absolute Gasteiger partial charge is 0.256 e. The number of para-hydroxylation sites is 1. The molecule has 0 fully saturated rings. The summed E-state index contributed by atoms with van der Waals surface area (Å²) in [5, 5.41) is 10.1. The predicted molar refractivity (Wildman–Crippen MR) is 142 cm³/mol. The molecule has 4 rings (SSSR count). The van der Waals surface area contributed by atoms with Crippen LogP contribution in [0, 0.1) is 6.92 Å². The Morgan fingerprint density at radius 3 is 2.44 bits per heavy atom. The number of amides is 1. The first-order valence-electron chi connectivity index (χ1n) is 11.5. The summed E-state index contributed by atoms with van der Waals surface area (Å²) in [6, 6.07) is 24.9. The summed E-state index contributed by atoms with van der Waals surface area (Å²) in [7, 11) is 0. The maximum Gasteiger partial charge on any atom is 0.256 e. The molecule has 0 saturated carbocycles. The first-order chi connectivity index (χ1) is 16.6. The molecule has 0 bridgehead atoms. The SMILES string of the molecule is CCCCOc1ccccc1[C@@H]1NC(=S)NC(c2ccccc2)=C1C(=O)Nc1ccc(C)cc1. The Kier molecular flexibility index (Phi) is 7.60. The van der Waals surface area contributed by atoms with Crippen LogP contribution < -0.4 is 20.7 Å². The van der Waals surface area contributed by atoms with Crippen LogP contribution in [-0.4, -0.2) is 17.6 Å². The second-order valence-corrected chi connectivity index (χ2v) is 8.65. The average Bonchev–Trinajstić information content (AvgIpc) is 2.86. The summed E-state index contributed by atoms with van der Waals surface area (Å²) in [6.45, 7) is 4.76. The molecule has 1 aliphatic rings. The van der Waals surface area contributed by atoms with E-state index < -0.39 is 6.04 Å². The normalized spacial score (nSPS) is 15.4. The molecule has 0 spiro atoms. The van der Waals surface area contributed by atoms with Crippen molar-refractivity contribution < 1.29 is 9.53 Å². The molecule has 3 aromatic rings. The van der Waals surface area contributed by atoms with E-state index in [2.05, 4.69) is 22.9 Å². The Morgan fingerprint density at radius 1 is 1.00 bits per heavy atom. The first kappa shape index (κ1) is 23.5. The van der Waals surface area contributed by atoms with Gasteiger partial charge in [0.2, 0.25) is 0 Å². The van der Waals surface area contributed by atoms with Crippen LogP contribution in [0.3, 0.4) is 0 Å². The fourth-order valence-corrected chi connectivity index (χ4v) is 4.11. The zero-order valence-electron chi connectivity index (χ0n) is 19.4. The van der Waals surface area contributed by atoms with Crippen LogP contribution in [0.5, 0.6) is 5.75 Å². The molecule has 3 aromatic carbocycles. The van der Waals surface area contributed by atoms with Crippen LogP contribution in [0.1, 0.15) is 42.5 Å². The Hall–Kier alpha value is -3.64. The number of thiocarbonyl (C=S) groups is 1. The van der Waals surface area contributed by atoms with Crippen molar-refractivity contribution in [1.29, 1.82) is 0 Å². The quantitative estimate of drug-likeness (QED) is 0.289. The summed E-state index contributed by atoms with van der Waals surface area (Å²) >= 11 is 5.56. The van der Waals surface area contributed by atoms with Crippen LogP contribution in [0.25, 0.3) is 5.70 Å². The highest BCUT2D eigenvalue weighted by Crippen LogP contribution is 2.36. The predicted octanol–water partition coefficient (Wildman–Crippen LogP) is 5.74. The molecular formula is C28H29N3O2S. The van der Waals surface area contributed by atoms with Gasteiger partial charge in [0.25, 0.3) is 5.91 Å².